The molecule has 3 rings (SSSR count). The molecule has 0 amide bonds. The van der Waals surface area contributed by atoms with Crippen molar-refractivity contribution in [3.63, 3.8) is 0 Å². The zero-order chi connectivity index (χ0) is 15.9. The summed E-state index contributed by atoms with van der Waals surface area (Å²) in [4.78, 5) is 0. The lowest BCUT2D eigenvalue weighted by molar-refractivity contribution is 0.471. The number of halogens is 1. The molecule has 2 nitrogen and oxygen atoms in total. The van der Waals surface area contributed by atoms with E-state index < -0.39 is 0 Å². The normalized spacial score (nSPS) is 9.73. The Labute approximate surface area is 135 Å². The summed E-state index contributed by atoms with van der Waals surface area (Å²) in [6.45, 7) is 1.87. The van der Waals surface area contributed by atoms with E-state index in [1.165, 1.54) is 0 Å². The highest BCUT2D eigenvalue weighted by atomic mass is 35.5. The van der Waals surface area contributed by atoms with Gasteiger partial charge in [0.2, 0.25) is 0 Å². The van der Waals surface area contributed by atoms with Crippen molar-refractivity contribution < 1.29 is 10.2 Å². The first-order chi connectivity index (χ1) is 10.6. The zero-order valence-corrected chi connectivity index (χ0v) is 13.0. The number of hydrogen-bond donors (Lipinski definition) is 2. The van der Waals surface area contributed by atoms with Gasteiger partial charge in [0.1, 0.15) is 11.5 Å². The van der Waals surface area contributed by atoms with Crippen molar-refractivity contribution >= 4 is 11.6 Å². The summed E-state index contributed by atoms with van der Waals surface area (Å²) in [6.07, 6.45) is 0. The Balaban J connectivity index is 0.000000188. The molecule has 0 saturated heterocycles. The van der Waals surface area contributed by atoms with Crippen molar-refractivity contribution in [3.05, 3.63) is 83.4 Å². The standard InChI is InChI=1S/C12H9ClO.C7H8O/c13-10-6-7-12(14)11(8-10)9-4-2-1-3-5-9;1-6-4-2-3-5-7(6)8/h1-8,14H;2-5,8H,1H3. The summed E-state index contributed by atoms with van der Waals surface area (Å²) < 4.78 is 0. The number of hydrogen-bond acceptors (Lipinski definition) is 2. The second-order valence-electron chi connectivity index (χ2n) is 4.81. The molecule has 112 valence electrons. The summed E-state index contributed by atoms with van der Waals surface area (Å²) in [7, 11) is 0. The van der Waals surface area contributed by atoms with Crippen LogP contribution in [0.2, 0.25) is 5.02 Å². The van der Waals surface area contributed by atoms with E-state index in [4.69, 9.17) is 16.7 Å². The molecule has 0 aliphatic carbocycles. The Kier molecular flexibility index (Phi) is 5.45. The number of rotatable bonds is 1. The average Bonchev–Trinajstić information content (AvgIpc) is 2.54. The Bertz CT molecular complexity index is 718. The fourth-order valence-electron chi connectivity index (χ4n) is 1.92. The minimum absolute atomic E-state index is 0.251. The Morgan fingerprint density at radius 2 is 1.36 bits per heavy atom. The second kappa shape index (κ2) is 7.53. The van der Waals surface area contributed by atoms with Gasteiger partial charge in [0.15, 0.2) is 0 Å². The first-order valence-electron chi connectivity index (χ1n) is 6.86. The summed E-state index contributed by atoms with van der Waals surface area (Å²) in [5, 5.41) is 19.2. The summed E-state index contributed by atoms with van der Waals surface area (Å²) in [5.41, 5.74) is 2.65. The van der Waals surface area contributed by atoms with Gasteiger partial charge < -0.3 is 10.2 Å². The molecule has 0 saturated carbocycles. The maximum absolute atomic E-state index is 9.63. The lowest BCUT2D eigenvalue weighted by Gasteiger charge is -2.04. The van der Waals surface area contributed by atoms with E-state index in [0.29, 0.717) is 10.8 Å². The molecule has 3 heteroatoms. The number of benzene rings is 3. The molecule has 22 heavy (non-hydrogen) atoms. The van der Waals surface area contributed by atoms with Gasteiger partial charge in [-0.15, -0.1) is 0 Å². The van der Waals surface area contributed by atoms with Gasteiger partial charge in [0.25, 0.3) is 0 Å². The Morgan fingerprint density at radius 1 is 0.727 bits per heavy atom. The van der Waals surface area contributed by atoms with E-state index in [1.807, 2.05) is 55.5 Å². The minimum Gasteiger partial charge on any atom is -0.508 e. The molecule has 0 aromatic heterocycles. The number of phenols is 2. The molecular weight excluding hydrogens is 296 g/mol. The van der Waals surface area contributed by atoms with Crippen LogP contribution in [0.15, 0.2) is 72.8 Å². The molecule has 0 heterocycles. The van der Waals surface area contributed by atoms with Crippen molar-refractivity contribution in [2.75, 3.05) is 0 Å². The van der Waals surface area contributed by atoms with Gasteiger partial charge >= 0.3 is 0 Å². The highest BCUT2D eigenvalue weighted by molar-refractivity contribution is 6.31. The molecule has 0 spiro atoms. The molecule has 0 aliphatic rings. The minimum atomic E-state index is 0.251. The van der Waals surface area contributed by atoms with Crippen LogP contribution in [-0.2, 0) is 0 Å². The first kappa shape index (κ1) is 15.9. The number of aryl methyl sites for hydroxylation is 1. The smallest absolute Gasteiger partial charge is 0.123 e. The van der Waals surface area contributed by atoms with Gasteiger partial charge in [0, 0.05) is 10.6 Å². The van der Waals surface area contributed by atoms with Crippen LogP contribution in [0.3, 0.4) is 0 Å². The third kappa shape index (κ3) is 4.27. The number of para-hydroxylation sites is 1. The maximum atomic E-state index is 9.63. The fourth-order valence-corrected chi connectivity index (χ4v) is 2.09. The highest BCUT2D eigenvalue weighted by Crippen LogP contribution is 2.31. The van der Waals surface area contributed by atoms with Crippen LogP contribution in [0.1, 0.15) is 5.56 Å². The molecular formula is C19H17ClO2. The van der Waals surface area contributed by atoms with E-state index in [-0.39, 0.29) is 5.75 Å². The van der Waals surface area contributed by atoms with E-state index in [0.717, 1.165) is 16.7 Å². The van der Waals surface area contributed by atoms with Gasteiger partial charge in [-0.05, 0) is 42.3 Å². The van der Waals surface area contributed by atoms with Crippen LogP contribution < -0.4 is 0 Å². The maximum Gasteiger partial charge on any atom is 0.123 e. The van der Waals surface area contributed by atoms with Crippen molar-refractivity contribution in [1.82, 2.24) is 0 Å². The van der Waals surface area contributed by atoms with Gasteiger partial charge in [-0.25, -0.2) is 0 Å². The first-order valence-corrected chi connectivity index (χ1v) is 7.24. The van der Waals surface area contributed by atoms with Crippen molar-refractivity contribution in [3.8, 4) is 22.6 Å². The predicted octanol–water partition coefficient (Wildman–Crippen LogP) is 5.41. The summed E-state index contributed by atoms with van der Waals surface area (Å²) in [5.74, 6) is 0.619. The Morgan fingerprint density at radius 3 is 1.95 bits per heavy atom. The third-order valence-corrected chi connectivity index (χ3v) is 3.39. The van der Waals surface area contributed by atoms with Crippen LogP contribution in [0.4, 0.5) is 0 Å². The van der Waals surface area contributed by atoms with E-state index in [2.05, 4.69) is 0 Å². The van der Waals surface area contributed by atoms with Gasteiger partial charge in [-0.3, -0.25) is 0 Å². The quantitative estimate of drug-likeness (QED) is 0.630. The van der Waals surface area contributed by atoms with Crippen LogP contribution >= 0.6 is 11.6 Å². The van der Waals surface area contributed by atoms with Crippen LogP contribution in [-0.4, -0.2) is 10.2 Å². The molecule has 0 radical (unpaired) electrons. The molecule has 0 fully saturated rings. The molecule has 0 bridgehead atoms. The van der Waals surface area contributed by atoms with Crippen molar-refractivity contribution in [2.24, 2.45) is 0 Å². The molecule has 3 aromatic carbocycles. The zero-order valence-electron chi connectivity index (χ0n) is 12.2. The number of aromatic hydroxyl groups is 2. The van der Waals surface area contributed by atoms with Crippen LogP contribution in [0.5, 0.6) is 11.5 Å². The molecule has 0 atom stereocenters. The fraction of sp³-hybridized carbons (Fsp3) is 0.0526. The lowest BCUT2D eigenvalue weighted by Crippen LogP contribution is -1.78. The van der Waals surface area contributed by atoms with Crippen LogP contribution in [0.25, 0.3) is 11.1 Å². The predicted molar refractivity (Wildman–Crippen MR) is 91.4 cm³/mol. The monoisotopic (exact) mass is 312 g/mol. The lowest BCUT2D eigenvalue weighted by atomic mass is 10.1. The summed E-state index contributed by atoms with van der Waals surface area (Å²) >= 11 is 5.86. The molecule has 3 aromatic rings. The average molecular weight is 313 g/mol. The van der Waals surface area contributed by atoms with E-state index in [1.54, 1.807) is 24.3 Å². The molecule has 0 aliphatic heterocycles. The second-order valence-corrected chi connectivity index (χ2v) is 5.25. The van der Waals surface area contributed by atoms with E-state index in [9.17, 15) is 5.11 Å². The van der Waals surface area contributed by atoms with Gasteiger partial charge in [-0.1, -0.05) is 60.1 Å². The molecule has 0 unspecified atom stereocenters. The third-order valence-electron chi connectivity index (χ3n) is 3.16. The van der Waals surface area contributed by atoms with Crippen LogP contribution in [0, 0.1) is 6.92 Å². The van der Waals surface area contributed by atoms with E-state index >= 15 is 0 Å². The van der Waals surface area contributed by atoms with Gasteiger partial charge in [-0.2, -0.15) is 0 Å². The molecule has 2 N–H and O–H groups in total. The SMILES string of the molecule is Cc1ccccc1O.Oc1ccc(Cl)cc1-c1ccccc1. The Hall–Kier alpha value is -2.45. The van der Waals surface area contributed by atoms with Crippen molar-refractivity contribution in [2.45, 2.75) is 6.92 Å². The number of phenolic OH excluding ortho intramolecular Hbond substituents is 2. The highest BCUT2D eigenvalue weighted by Gasteiger charge is 2.03. The topological polar surface area (TPSA) is 40.5 Å². The van der Waals surface area contributed by atoms with Gasteiger partial charge in [0.05, 0.1) is 0 Å². The largest absolute Gasteiger partial charge is 0.508 e. The van der Waals surface area contributed by atoms with Crippen molar-refractivity contribution in [1.29, 1.82) is 0 Å². The summed E-state index contributed by atoms with van der Waals surface area (Å²) in [6, 6.07) is 21.9.